The van der Waals surface area contributed by atoms with Crippen molar-refractivity contribution in [2.75, 3.05) is 0 Å². The second-order valence-electron chi connectivity index (χ2n) is 8.69. The van der Waals surface area contributed by atoms with Gasteiger partial charge >= 0.3 is 0 Å². The van der Waals surface area contributed by atoms with Gasteiger partial charge in [-0.25, -0.2) is 4.39 Å². The van der Waals surface area contributed by atoms with Gasteiger partial charge in [0.05, 0.1) is 11.5 Å². The molecule has 3 rings (SSSR count). The molecule has 0 N–H and O–H groups in total. The number of benzene rings is 2. The van der Waals surface area contributed by atoms with Gasteiger partial charge in [0.25, 0.3) is 0 Å². The number of rotatable bonds is 10. The lowest BCUT2D eigenvalue weighted by molar-refractivity contribution is 0.124. The molecule has 2 atom stereocenters. The molecule has 2 unspecified atom stereocenters. The molecule has 1 aliphatic carbocycles. The Balaban J connectivity index is 1.81. The second-order valence-corrected chi connectivity index (χ2v) is 8.69. The van der Waals surface area contributed by atoms with Crippen LogP contribution in [-0.4, -0.2) is 17.0 Å². The topological polar surface area (TPSA) is 27.0 Å². The van der Waals surface area contributed by atoms with E-state index in [1.807, 2.05) is 18.2 Å². The molecule has 1 fully saturated rings. The molecule has 0 saturated heterocycles. The standard InChI is InChI=1S/C26H33FN2/c1-4-23(29(20(2)3)18-21-10-6-5-7-11-21)16-17-26(19-28,22-14-15-22)24-12-8-9-13-25(24)27/h5-13,20,22-23H,4,14-18H2,1-3H3. The maximum absolute atomic E-state index is 14.7. The zero-order valence-corrected chi connectivity index (χ0v) is 17.9. The van der Waals surface area contributed by atoms with E-state index in [1.165, 1.54) is 11.6 Å². The molecule has 0 amide bonds. The van der Waals surface area contributed by atoms with Crippen molar-refractivity contribution in [3.05, 3.63) is 71.5 Å². The zero-order valence-electron chi connectivity index (χ0n) is 17.9. The third-order valence-corrected chi connectivity index (χ3v) is 6.51. The van der Waals surface area contributed by atoms with Gasteiger partial charge < -0.3 is 0 Å². The Labute approximate surface area is 175 Å². The van der Waals surface area contributed by atoms with Gasteiger partial charge in [0.1, 0.15) is 5.82 Å². The van der Waals surface area contributed by atoms with Crippen LogP contribution in [0.5, 0.6) is 0 Å². The van der Waals surface area contributed by atoms with Crippen molar-refractivity contribution in [3.8, 4) is 6.07 Å². The van der Waals surface area contributed by atoms with Crippen molar-refractivity contribution >= 4 is 0 Å². The molecule has 2 aromatic carbocycles. The summed E-state index contributed by atoms with van der Waals surface area (Å²) in [5.74, 6) is 0.0440. The van der Waals surface area contributed by atoms with Gasteiger partial charge in [0.15, 0.2) is 0 Å². The second kappa shape index (κ2) is 9.55. The average Bonchev–Trinajstić information content (AvgIpc) is 3.58. The lowest BCUT2D eigenvalue weighted by Crippen LogP contribution is -2.41. The smallest absolute Gasteiger partial charge is 0.128 e. The molecule has 0 aliphatic heterocycles. The van der Waals surface area contributed by atoms with Crippen LogP contribution in [0.1, 0.15) is 64.0 Å². The van der Waals surface area contributed by atoms with E-state index >= 15 is 0 Å². The van der Waals surface area contributed by atoms with E-state index in [0.29, 0.717) is 24.1 Å². The number of nitriles is 1. The van der Waals surface area contributed by atoms with E-state index in [0.717, 1.165) is 32.2 Å². The minimum Gasteiger partial charge on any atom is -0.294 e. The normalized spacial score (nSPS) is 17.1. The molecule has 0 radical (unpaired) electrons. The van der Waals surface area contributed by atoms with E-state index < -0.39 is 5.41 Å². The Morgan fingerprint density at radius 2 is 1.76 bits per heavy atom. The lowest BCUT2D eigenvalue weighted by atomic mass is 9.72. The van der Waals surface area contributed by atoms with Gasteiger partial charge in [0.2, 0.25) is 0 Å². The predicted molar refractivity (Wildman–Crippen MR) is 117 cm³/mol. The van der Waals surface area contributed by atoms with Gasteiger partial charge in [-0.2, -0.15) is 5.26 Å². The first kappa shape index (κ1) is 21.5. The van der Waals surface area contributed by atoms with Crippen LogP contribution >= 0.6 is 0 Å². The number of halogens is 1. The highest BCUT2D eigenvalue weighted by atomic mass is 19.1. The van der Waals surface area contributed by atoms with Crippen molar-refractivity contribution in [2.45, 2.75) is 76.9 Å². The van der Waals surface area contributed by atoms with Gasteiger partial charge in [0, 0.05) is 24.2 Å². The molecule has 1 saturated carbocycles. The zero-order chi connectivity index (χ0) is 20.9. The number of hydrogen-bond acceptors (Lipinski definition) is 2. The van der Waals surface area contributed by atoms with Gasteiger partial charge in [-0.3, -0.25) is 4.90 Å². The third-order valence-electron chi connectivity index (χ3n) is 6.51. The molecule has 0 aromatic heterocycles. The fraction of sp³-hybridized carbons (Fsp3) is 0.500. The molecular formula is C26H33FN2. The Hall–Kier alpha value is -2.18. The third kappa shape index (κ3) is 4.87. The largest absolute Gasteiger partial charge is 0.294 e. The Kier molecular flexibility index (Phi) is 7.09. The van der Waals surface area contributed by atoms with Crippen molar-refractivity contribution in [3.63, 3.8) is 0 Å². The van der Waals surface area contributed by atoms with Gasteiger partial charge in [-0.1, -0.05) is 55.5 Å². The molecule has 0 heterocycles. The number of nitrogens with zero attached hydrogens (tertiary/aromatic N) is 2. The summed E-state index contributed by atoms with van der Waals surface area (Å²) in [4.78, 5) is 2.53. The van der Waals surface area contributed by atoms with Gasteiger partial charge in [-0.05, 0) is 63.5 Å². The minimum atomic E-state index is -0.700. The maximum Gasteiger partial charge on any atom is 0.128 e. The number of hydrogen-bond donors (Lipinski definition) is 0. The van der Waals surface area contributed by atoms with Crippen LogP contribution in [0.3, 0.4) is 0 Å². The monoisotopic (exact) mass is 392 g/mol. The summed E-state index contributed by atoms with van der Waals surface area (Å²) < 4.78 is 14.7. The summed E-state index contributed by atoms with van der Waals surface area (Å²) in [6.45, 7) is 7.60. The molecular weight excluding hydrogens is 359 g/mol. The van der Waals surface area contributed by atoms with Crippen molar-refractivity contribution in [1.29, 1.82) is 5.26 Å². The van der Waals surface area contributed by atoms with E-state index in [-0.39, 0.29) is 11.7 Å². The summed E-state index contributed by atoms with van der Waals surface area (Å²) in [6, 6.07) is 20.8. The highest BCUT2D eigenvalue weighted by Crippen LogP contribution is 2.50. The molecule has 2 aromatic rings. The van der Waals surface area contributed by atoms with Crippen LogP contribution in [0.4, 0.5) is 4.39 Å². The lowest BCUT2D eigenvalue weighted by Gasteiger charge is -2.37. The van der Waals surface area contributed by atoms with E-state index in [4.69, 9.17) is 0 Å². The van der Waals surface area contributed by atoms with Crippen LogP contribution < -0.4 is 0 Å². The fourth-order valence-electron chi connectivity index (χ4n) is 4.69. The fourth-order valence-corrected chi connectivity index (χ4v) is 4.69. The van der Waals surface area contributed by atoms with Crippen molar-refractivity contribution < 1.29 is 4.39 Å². The van der Waals surface area contributed by atoms with Crippen molar-refractivity contribution in [2.24, 2.45) is 5.92 Å². The van der Waals surface area contributed by atoms with Crippen LogP contribution in [0, 0.1) is 23.1 Å². The first-order valence-corrected chi connectivity index (χ1v) is 11.0. The summed E-state index contributed by atoms with van der Waals surface area (Å²) in [6.07, 6.45) is 4.69. The molecule has 2 nitrogen and oxygen atoms in total. The Morgan fingerprint density at radius 3 is 2.31 bits per heavy atom. The SMILES string of the molecule is CCC(CCC(C#N)(c1ccccc1F)C1CC1)N(Cc1ccccc1)C(C)C. The molecule has 0 spiro atoms. The Bertz CT molecular complexity index is 822. The van der Waals surface area contributed by atoms with Crippen LogP contribution in [-0.2, 0) is 12.0 Å². The van der Waals surface area contributed by atoms with Crippen LogP contribution in [0.2, 0.25) is 0 Å². The molecule has 154 valence electrons. The molecule has 3 heteroatoms. The molecule has 29 heavy (non-hydrogen) atoms. The van der Waals surface area contributed by atoms with E-state index in [2.05, 4.69) is 56.0 Å². The summed E-state index contributed by atoms with van der Waals surface area (Å²) in [5.41, 5.74) is 1.20. The highest BCUT2D eigenvalue weighted by Gasteiger charge is 2.48. The summed E-state index contributed by atoms with van der Waals surface area (Å²) in [5, 5.41) is 10.2. The van der Waals surface area contributed by atoms with Gasteiger partial charge in [-0.15, -0.1) is 0 Å². The molecule has 0 bridgehead atoms. The summed E-state index contributed by atoms with van der Waals surface area (Å²) >= 11 is 0. The minimum absolute atomic E-state index is 0.237. The quantitative estimate of drug-likeness (QED) is 0.463. The van der Waals surface area contributed by atoms with Crippen LogP contribution in [0.15, 0.2) is 54.6 Å². The first-order chi connectivity index (χ1) is 14.0. The Morgan fingerprint density at radius 1 is 1.10 bits per heavy atom. The van der Waals surface area contributed by atoms with Crippen molar-refractivity contribution in [1.82, 2.24) is 4.90 Å². The van der Waals surface area contributed by atoms with Crippen LogP contribution in [0.25, 0.3) is 0 Å². The predicted octanol–water partition coefficient (Wildman–Crippen LogP) is 6.47. The average molecular weight is 393 g/mol. The van der Waals surface area contributed by atoms with E-state index in [1.54, 1.807) is 6.07 Å². The maximum atomic E-state index is 14.7. The first-order valence-electron chi connectivity index (χ1n) is 11.0. The summed E-state index contributed by atoms with van der Waals surface area (Å²) in [7, 11) is 0. The highest BCUT2D eigenvalue weighted by molar-refractivity contribution is 5.36. The van der Waals surface area contributed by atoms with E-state index in [9.17, 15) is 9.65 Å². The molecule has 1 aliphatic rings.